The second kappa shape index (κ2) is 10.7. The third kappa shape index (κ3) is 6.10. The summed E-state index contributed by atoms with van der Waals surface area (Å²) in [5.41, 5.74) is 1.31. The molecule has 0 radical (unpaired) electrons. The molecule has 0 fully saturated rings. The SMILES string of the molecule is C=CCNC(=O)Nc1ccc(NC(=O)CCCOc2cccc3ccccc23)cc1. The van der Waals surface area contributed by atoms with Gasteiger partial charge in [0.25, 0.3) is 0 Å². The number of hydrogen-bond donors (Lipinski definition) is 3. The molecule has 3 N–H and O–H groups in total. The van der Waals surface area contributed by atoms with Crippen LogP contribution in [-0.4, -0.2) is 25.1 Å². The minimum Gasteiger partial charge on any atom is -0.493 e. The number of carbonyl (C=O) groups excluding carboxylic acids is 2. The Morgan fingerprint density at radius 2 is 1.60 bits per heavy atom. The zero-order valence-corrected chi connectivity index (χ0v) is 16.7. The Balaban J connectivity index is 1.41. The first-order valence-electron chi connectivity index (χ1n) is 9.82. The van der Waals surface area contributed by atoms with Crippen LogP contribution in [0.5, 0.6) is 5.75 Å². The molecule has 0 spiro atoms. The summed E-state index contributed by atoms with van der Waals surface area (Å²) in [6, 6.07) is 20.6. The summed E-state index contributed by atoms with van der Waals surface area (Å²) in [5, 5.41) is 10.4. The van der Waals surface area contributed by atoms with E-state index in [1.807, 2.05) is 42.5 Å². The van der Waals surface area contributed by atoms with Crippen LogP contribution in [0.2, 0.25) is 0 Å². The Hall–Kier alpha value is -3.80. The number of ether oxygens (including phenoxy) is 1. The van der Waals surface area contributed by atoms with Crippen LogP contribution in [0.4, 0.5) is 16.2 Å². The Labute approximate surface area is 175 Å². The summed E-state index contributed by atoms with van der Waals surface area (Å²) < 4.78 is 5.87. The van der Waals surface area contributed by atoms with Crippen molar-refractivity contribution in [2.24, 2.45) is 0 Å². The fourth-order valence-electron chi connectivity index (χ4n) is 2.94. The number of benzene rings is 3. The largest absolute Gasteiger partial charge is 0.493 e. The van der Waals surface area contributed by atoms with Crippen LogP contribution in [-0.2, 0) is 4.79 Å². The van der Waals surface area contributed by atoms with E-state index in [1.165, 1.54) is 0 Å². The lowest BCUT2D eigenvalue weighted by Crippen LogP contribution is -2.28. The average Bonchev–Trinajstić information content (AvgIpc) is 2.76. The van der Waals surface area contributed by atoms with E-state index in [4.69, 9.17) is 4.74 Å². The number of urea groups is 1. The van der Waals surface area contributed by atoms with Gasteiger partial charge in [-0.2, -0.15) is 0 Å². The molecule has 30 heavy (non-hydrogen) atoms. The summed E-state index contributed by atoms with van der Waals surface area (Å²) in [6.07, 6.45) is 2.57. The fraction of sp³-hybridized carbons (Fsp3) is 0.167. The topological polar surface area (TPSA) is 79.5 Å². The summed E-state index contributed by atoms with van der Waals surface area (Å²) in [7, 11) is 0. The minimum absolute atomic E-state index is 0.0824. The molecule has 3 aromatic rings. The lowest BCUT2D eigenvalue weighted by Gasteiger charge is -2.10. The van der Waals surface area contributed by atoms with Crippen molar-refractivity contribution in [3.8, 4) is 5.75 Å². The van der Waals surface area contributed by atoms with Crippen molar-refractivity contribution in [2.45, 2.75) is 12.8 Å². The minimum atomic E-state index is -0.308. The van der Waals surface area contributed by atoms with E-state index in [2.05, 4.69) is 22.5 Å². The zero-order valence-electron chi connectivity index (χ0n) is 16.7. The summed E-state index contributed by atoms with van der Waals surface area (Å²) in [6.45, 7) is 4.40. The molecule has 0 saturated heterocycles. The quantitative estimate of drug-likeness (QED) is 0.350. The van der Waals surface area contributed by atoms with Gasteiger partial charge >= 0.3 is 6.03 Å². The van der Waals surface area contributed by atoms with Gasteiger partial charge in [-0.1, -0.05) is 42.5 Å². The fourth-order valence-corrected chi connectivity index (χ4v) is 2.94. The number of nitrogens with one attached hydrogen (secondary N) is 3. The number of hydrogen-bond acceptors (Lipinski definition) is 3. The second-order valence-electron chi connectivity index (χ2n) is 6.68. The molecule has 0 aliphatic rings. The van der Waals surface area contributed by atoms with Gasteiger partial charge in [0.2, 0.25) is 5.91 Å². The lowest BCUT2D eigenvalue weighted by atomic mass is 10.1. The molecule has 0 unspecified atom stereocenters. The Bertz CT molecular complexity index is 1010. The van der Waals surface area contributed by atoms with E-state index < -0.39 is 0 Å². The van der Waals surface area contributed by atoms with E-state index in [1.54, 1.807) is 30.3 Å². The van der Waals surface area contributed by atoms with Gasteiger partial charge in [-0.3, -0.25) is 4.79 Å². The summed E-state index contributed by atoms with van der Waals surface area (Å²) in [4.78, 5) is 23.8. The van der Waals surface area contributed by atoms with Gasteiger partial charge in [0, 0.05) is 29.7 Å². The first-order valence-corrected chi connectivity index (χ1v) is 9.82. The van der Waals surface area contributed by atoms with E-state index >= 15 is 0 Å². The van der Waals surface area contributed by atoms with Gasteiger partial charge in [-0.15, -0.1) is 6.58 Å². The molecule has 3 rings (SSSR count). The smallest absolute Gasteiger partial charge is 0.319 e. The van der Waals surface area contributed by atoms with Crippen LogP contribution in [0.3, 0.4) is 0 Å². The molecule has 0 saturated carbocycles. The first kappa shape index (κ1) is 20.9. The third-order valence-corrected chi connectivity index (χ3v) is 4.39. The predicted molar refractivity (Wildman–Crippen MR) is 121 cm³/mol. The van der Waals surface area contributed by atoms with Crippen molar-refractivity contribution < 1.29 is 14.3 Å². The molecule has 3 amide bonds. The molecular formula is C24H25N3O3. The molecular weight excluding hydrogens is 378 g/mol. The molecule has 6 heteroatoms. The molecule has 0 heterocycles. The van der Waals surface area contributed by atoms with Gasteiger partial charge in [0.15, 0.2) is 0 Å². The Kier molecular flexibility index (Phi) is 7.44. The predicted octanol–water partition coefficient (Wildman–Crippen LogP) is 4.95. The molecule has 0 aromatic heterocycles. The highest BCUT2D eigenvalue weighted by Gasteiger charge is 2.05. The maximum absolute atomic E-state index is 12.2. The van der Waals surface area contributed by atoms with Crippen molar-refractivity contribution in [3.63, 3.8) is 0 Å². The highest BCUT2D eigenvalue weighted by atomic mass is 16.5. The van der Waals surface area contributed by atoms with Crippen LogP contribution in [0.15, 0.2) is 79.4 Å². The molecule has 0 aliphatic heterocycles. The van der Waals surface area contributed by atoms with Gasteiger partial charge < -0.3 is 20.7 Å². The summed E-state index contributed by atoms with van der Waals surface area (Å²) >= 11 is 0. The van der Waals surface area contributed by atoms with Crippen LogP contribution >= 0.6 is 0 Å². The molecule has 154 valence electrons. The van der Waals surface area contributed by atoms with Crippen LogP contribution in [0, 0.1) is 0 Å². The Morgan fingerprint density at radius 3 is 2.37 bits per heavy atom. The maximum atomic E-state index is 12.2. The Morgan fingerprint density at radius 1 is 0.900 bits per heavy atom. The van der Waals surface area contributed by atoms with Crippen molar-refractivity contribution in [3.05, 3.63) is 79.4 Å². The number of fused-ring (bicyclic) bond motifs is 1. The van der Waals surface area contributed by atoms with Crippen LogP contribution in [0.25, 0.3) is 10.8 Å². The summed E-state index contributed by atoms with van der Waals surface area (Å²) in [5.74, 6) is 0.745. The average molecular weight is 403 g/mol. The van der Waals surface area contributed by atoms with Gasteiger partial charge in [-0.25, -0.2) is 4.79 Å². The van der Waals surface area contributed by atoms with Crippen molar-refractivity contribution in [1.82, 2.24) is 5.32 Å². The number of amides is 3. The highest BCUT2D eigenvalue weighted by molar-refractivity contribution is 5.92. The number of anilines is 2. The number of rotatable bonds is 9. The lowest BCUT2D eigenvalue weighted by molar-refractivity contribution is -0.116. The van der Waals surface area contributed by atoms with Gasteiger partial charge in [-0.05, 0) is 42.1 Å². The monoisotopic (exact) mass is 403 g/mol. The van der Waals surface area contributed by atoms with Gasteiger partial charge in [0.1, 0.15) is 5.75 Å². The van der Waals surface area contributed by atoms with Crippen molar-refractivity contribution in [2.75, 3.05) is 23.8 Å². The molecule has 6 nitrogen and oxygen atoms in total. The van der Waals surface area contributed by atoms with E-state index in [0.29, 0.717) is 37.4 Å². The molecule has 0 atom stereocenters. The number of carbonyl (C=O) groups is 2. The first-order chi connectivity index (χ1) is 14.7. The van der Waals surface area contributed by atoms with Crippen LogP contribution < -0.4 is 20.7 Å². The van der Waals surface area contributed by atoms with Crippen LogP contribution in [0.1, 0.15) is 12.8 Å². The van der Waals surface area contributed by atoms with Gasteiger partial charge in [0.05, 0.1) is 6.61 Å². The zero-order chi connectivity index (χ0) is 21.2. The van der Waals surface area contributed by atoms with E-state index in [-0.39, 0.29) is 11.9 Å². The van der Waals surface area contributed by atoms with E-state index in [0.717, 1.165) is 16.5 Å². The third-order valence-electron chi connectivity index (χ3n) is 4.39. The second-order valence-corrected chi connectivity index (χ2v) is 6.68. The molecule has 0 bridgehead atoms. The van der Waals surface area contributed by atoms with E-state index in [9.17, 15) is 9.59 Å². The normalized spacial score (nSPS) is 10.3. The van der Waals surface area contributed by atoms with Crippen molar-refractivity contribution in [1.29, 1.82) is 0 Å². The molecule has 3 aromatic carbocycles. The highest BCUT2D eigenvalue weighted by Crippen LogP contribution is 2.25. The van der Waals surface area contributed by atoms with Crippen molar-refractivity contribution >= 4 is 34.1 Å². The standard InChI is InChI=1S/C24H25N3O3/c1-2-16-25-24(29)27-20-14-12-19(13-15-20)26-23(28)11-6-17-30-22-10-5-8-18-7-3-4-9-21(18)22/h2-5,7-10,12-15H,1,6,11,16-17H2,(H,26,28)(H2,25,27,29). The maximum Gasteiger partial charge on any atom is 0.319 e. The molecule has 0 aliphatic carbocycles.